The minimum atomic E-state index is -4.48. The SMILES string of the molecule is Cc1cccc(N)c1NC(=O)c1ccc(C(F)(F)F)cn1. The summed E-state index contributed by atoms with van der Waals surface area (Å²) in [6.07, 6.45) is -3.86. The maximum absolute atomic E-state index is 12.4. The first-order chi connectivity index (χ1) is 9.79. The number of nitrogens with two attached hydrogens (primary N) is 1. The Balaban J connectivity index is 2.21. The van der Waals surface area contributed by atoms with Gasteiger partial charge in [-0.25, -0.2) is 0 Å². The van der Waals surface area contributed by atoms with Crippen LogP contribution in [0.15, 0.2) is 36.5 Å². The van der Waals surface area contributed by atoms with Crippen LogP contribution in [0, 0.1) is 6.92 Å². The quantitative estimate of drug-likeness (QED) is 0.836. The maximum Gasteiger partial charge on any atom is 0.417 e. The summed E-state index contributed by atoms with van der Waals surface area (Å²) in [5.41, 5.74) is 6.25. The fourth-order valence-electron chi connectivity index (χ4n) is 1.73. The number of anilines is 2. The van der Waals surface area contributed by atoms with E-state index in [4.69, 9.17) is 5.73 Å². The van der Waals surface area contributed by atoms with E-state index in [0.717, 1.165) is 17.7 Å². The van der Waals surface area contributed by atoms with Crippen molar-refractivity contribution in [2.24, 2.45) is 0 Å². The lowest BCUT2D eigenvalue weighted by atomic mass is 10.1. The van der Waals surface area contributed by atoms with E-state index in [0.29, 0.717) is 17.6 Å². The van der Waals surface area contributed by atoms with Crippen molar-refractivity contribution in [3.05, 3.63) is 53.3 Å². The van der Waals surface area contributed by atoms with Crippen LogP contribution in [-0.2, 0) is 6.18 Å². The molecule has 0 aliphatic rings. The molecular formula is C14H12F3N3O. The molecular weight excluding hydrogens is 283 g/mol. The van der Waals surface area contributed by atoms with Crippen molar-refractivity contribution in [1.82, 2.24) is 4.98 Å². The van der Waals surface area contributed by atoms with Gasteiger partial charge in [0, 0.05) is 6.20 Å². The van der Waals surface area contributed by atoms with E-state index in [1.54, 1.807) is 25.1 Å². The lowest BCUT2D eigenvalue weighted by molar-refractivity contribution is -0.137. The Morgan fingerprint density at radius 2 is 1.95 bits per heavy atom. The van der Waals surface area contributed by atoms with Crippen LogP contribution in [-0.4, -0.2) is 10.9 Å². The topological polar surface area (TPSA) is 68.0 Å². The number of aryl methyl sites for hydroxylation is 1. The normalized spacial score (nSPS) is 11.2. The monoisotopic (exact) mass is 295 g/mol. The number of nitrogens with one attached hydrogen (secondary N) is 1. The molecule has 4 nitrogen and oxygen atoms in total. The first kappa shape index (κ1) is 14.8. The van der Waals surface area contributed by atoms with Gasteiger partial charge in [-0.1, -0.05) is 12.1 Å². The van der Waals surface area contributed by atoms with Crippen molar-refractivity contribution in [2.75, 3.05) is 11.1 Å². The summed E-state index contributed by atoms with van der Waals surface area (Å²) >= 11 is 0. The zero-order valence-corrected chi connectivity index (χ0v) is 11.0. The molecule has 0 bridgehead atoms. The third kappa shape index (κ3) is 3.31. The smallest absolute Gasteiger partial charge is 0.397 e. The van der Waals surface area contributed by atoms with Crippen molar-refractivity contribution >= 4 is 17.3 Å². The van der Waals surface area contributed by atoms with E-state index in [1.807, 2.05) is 0 Å². The zero-order valence-electron chi connectivity index (χ0n) is 11.0. The fraction of sp³-hybridized carbons (Fsp3) is 0.143. The largest absolute Gasteiger partial charge is 0.417 e. The van der Waals surface area contributed by atoms with Crippen LogP contribution in [0.25, 0.3) is 0 Å². The highest BCUT2D eigenvalue weighted by atomic mass is 19.4. The number of nitrogen functional groups attached to an aromatic ring is 1. The number of para-hydroxylation sites is 1. The summed E-state index contributed by atoms with van der Waals surface area (Å²) in [6.45, 7) is 1.76. The minimum Gasteiger partial charge on any atom is -0.397 e. The number of carbonyl (C=O) groups excluding carboxylic acids is 1. The highest BCUT2D eigenvalue weighted by Gasteiger charge is 2.30. The van der Waals surface area contributed by atoms with E-state index in [-0.39, 0.29) is 5.69 Å². The number of rotatable bonds is 2. The van der Waals surface area contributed by atoms with Crippen molar-refractivity contribution in [2.45, 2.75) is 13.1 Å². The van der Waals surface area contributed by atoms with E-state index in [1.165, 1.54) is 0 Å². The Labute approximate surface area is 118 Å². The molecule has 0 unspecified atom stereocenters. The Morgan fingerprint density at radius 3 is 2.48 bits per heavy atom. The molecule has 0 radical (unpaired) electrons. The van der Waals surface area contributed by atoms with E-state index in [2.05, 4.69) is 10.3 Å². The molecule has 110 valence electrons. The molecule has 21 heavy (non-hydrogen) atoms. The van der Waals surface area contributed by atoms with Crippen LogP contribution in [0.3, 0.4) is 0 Å². The van der Waals surface area contributed by atoms with Crippen LogP contribution in [0.4, 0.5) is 24.5 Å². The van der Waals surface area contributed by atoms with Crippen molar-refractivity contribution < 1.29 is 18.0 Å². The van der Waals surface area contributed by atoms with Crippen LogP contribution in [0.2, 0.25) is 0 Å². The summed E-state index contributed by atoms with van der Waals surface area (Å²) in [6, 6.07) is 6.93. The van der Waals surface area contributed by atoms with Gasteiger partial charge in [-0.05, 0) is 30.7 Å². The van der Waals surface area contributed by atoms with E-state index < -0.39 is 17.6 Å². The summed E-state index contributed by atoms with van der Waals surface area (Å²) in [5, 5.41) is 2.55. The molecule has 0 saturated heterocycles. The van der Waals surface area contributed by atoms with Gasteiger partial charge < -0.3 is 11.1 Å². The number of aromatic nitrogens is 1. The van der Waals surface area contributed by atoms with Gasteiger partial charge in [0.05, 0.1) is 16.9 Å². The van der Waals surface area contributed by atoms with E-state index >= 15 is 0 Å². The summed E-state index contributed by atoms with van der Waals surface area (Å²) in [5.74, 6) is -0.621. The maximum atomic E-state index is 12.4. The predicted octanol–water partition coefficient (Wildman–Crippen LogP) is 3.24. The van der Waals surface area contributed by atoms with Gasteiger partial charge in [-0.3, -0.25) is 9.78 Å². The van der Waals surface area contributed by atoms with Gasteiger partial charge >= 0.3 is 6.18 Å². The molecule has 0 fully saturated rings. The lowest BCUT2D eigenvalue weighted by Gasteiger charge is -2.11. The number of carbonyl (C=O) groups is 1. The first-order valence-corrected chi connectivity index (χ1v) is 5.98. The van der Waals surface area contributed by atoms with Gasteiger partial charge in [0.1, 0.15) is 5.69 Å². The molecule has 0 aliphatic carbocycles. The molecule has 0 atom stereocenters. The van der Waals surface area contributed by atoms with Crippen LogP contribution < -0.4 is 11.1 Å². The second kappa shape index (κ2) is 5.43. The number of nitrogens with zero attached hydrogens (tertiary/aromatic N) is 1. The lowest BCUT2D eigenvalue weighted by Crippen LogP contribution is -2.16. The second-order valence-electron chi connectivity index (χ2n) is 4.42. The summed E-state index contributed by atoms with van der Waals surface area (Å²) in [7, 11) is 0. The van der Waals surface area contributed by atoms with Crippen LogP contribution in [0.5, 0.6) is 0 Å². The first-order valence-electron chi connectivity index (χ1n) is 5.98. The Hall–Kier alpha value is -2.57. The van der Waals surface area contributed by atoms with Crippen molar-refractivity contribution in [3.63, 3.8) is 0 Å². The third-order valence-corrected chi connectivity index (χ3v) is 2.87. The average Bonchev–Trinajstić information content (AvgIpc) is 2.42. The molecule has 0 aliphatic heterocycles. The molecule has 2 rings (SSSR count). The van der Waals surface area contributed by atoms with Gasteiger partial charge in [0.15, 0.2) is 0 Å². The predicted molar refractivity (Wildman–Crippen MR) is 72.8 cm³/mol. The highest BCUT2D eigenvalue weighted by molar-refractivity contribution is 6.05. The summed E-state index contributed by atoms with van der Waals surface area (Å²) < 4.78 is 37.2. The van der Waals surface area contributed by atoms with Crippen LogP contribution in [0.1, 0.15) is 21.6 Å². The second-order valence-corrected chi connectivity index (χ2v) is 4.42. The highest BCUT2D eigenvalue weighted by Crippen LogP contribution is 2.28. The van der Waals surface area contributed by atoms with Gasteiger partial charge in [-0.15, -0.1) is 0 Å². The van der Waals surface area contributed by atoms with Crippen molar-refractivity contribution in [1.29, 1.82) is 0 Å². The molecule has 0 spiro atoms. The molecule has 2 aromatic rings. The molecule has 1 heterocycles. The number of amides is 1. The standard InChI is InChI=1S/C14H12F3N3O/c1-8-3-2-4-10(18)12(8)20-13(21)11-6-5-9(7-19-11)14(15,16)17/h2-7H,18H2,1H3,(H,20,21). The molecule has 7 heteroatoms. The number of pyridine rings is 1. The number of hydrogen-bond acceptors (Lipinski definition) is 3. The van der Waals surface area contributed by atoms with E-state index in [9.17, 15) is 18.0 Å². The van der Waals surface area contributed by atoms with Gasteiger partial charge in [0.25, 0.3) is 5.91 Å². The number of alkyl halides is 3. The Bertz CT molecular complexity index is 646. The number of hydrogen-bond donors (Lipinski definition) is 2. The van der Waals surface area contributed by atoms with Gasteiger partial charge in [-0.2, -0.15) is 13.2 Å². The number of halogens is 3. The zero-order chi connectivity index (χ0) is 15.6. The third-order valence-electron chi connectivity index (χ3n) is 2.87. The molecule has 1 aromatic carbocycles. The Kier molecular flexibility index (Phi) is 3.84. The molecule has 3 N–H and O–H groups in total. The Morgan fingerprint density at radius 1 is 1.24 bits per heavy atom. The average molecular weight is 295 g/mol. The minimum absolute atomic E-state index is 0.120. The molecule has 1 aromatic heterocycles. The fourth-order valence-corrected chi connectivity index (χ4v) is 1.73. The molecule has 1 amide bonds. The van der Waals surface area contributed by atoms with Crippen molar-refractivity contribution in [3.8, 4) is 0 Å². The molecule has 0 saturated carbocycles. The van der Waals surface area contributed by atoms with Gasteiger partial charge in [0.2, 0.25) is 0 Å². The van der Waals surface area contributed by atoms with Crippen LogP contribution >= 0.6 is 0 Å². The number of benzene rings is 1. The summed E-state index contributed by atoms with van der Waals surface area (Å²) in [4.78, 5) is 15.5.